The van der Waals surface area contributed by atoms with Crippen molar-refractivity contribution in [3.05, 3.63) is 24.0 Å². The van der Waals surface area contributed by atoms with Crippen molar-refractivity contribution < 1.29 is 0 Å². The fraction of sp³-hybridized carbons (Fsp3) is 0.429. The van der Waals surface area contributed by atoms with E-state index < -0.39 is 0 Å². The number of aromatic nitrogens is 1. The molecule has 1 aromatic heterocycles. The fourth-order valence-electron chi connectivity index (χ4n) is 0.907. The molecule has 0 spiro atoms. The van der Waals surface area contributed by atoms with Gasteiger partial charge in [-0.3, -0.25) is 5.84 Å². The Morgan fingerprint density at radius 1 is 1.55 bits per heavy atom. The van der Waals surface area contributed by atoms with Gasteiger partial charge in [0.25, 0.3) is 0 Å². The third kappa shape index (κ3) is 3.18. The van der Waals surface area contributed by atoms with E-state index in [4.69, 9.17) is 5.84 Å². The zero-order valence-corrected chi connectivity index (χ0v) is 6.43. The summed E-state index contributed by atoms with van der Waals surface area (Å²) in [5.41, 5.74) is 3.84. The summed E-state index contributed by atoms with van der Waals surface area (Å²) in [6.07, 6.45) is 4.96. The maximum atomic E-state index is 5.07. The Morgan fingerprint density at radius 2 is 2.45 bits per heavy atom. The van der Waals surface area contributed by atoms with Gasteiger partial charge in [0.05, 0.1) is 6.67 Å². The molecule has 0 aliphatic carbocycles. The summed E-state index contributed by atoms with van der Waals surface area (Å²) < 4.78 is 0. The van der Waals surface area contributed by atoms with Crippen molar-refractivity contribution in [2.75, 3.05) is 13.2 Å². The minimum atomic E-state index is 0.657. The van der Waals surface area contributed by atoms with Crippen molar-refractivity contribution in [2.24, 2.45) is 5.84 Å². The van der Waals surface area contributed by atoms with Gasteiger partial charge >= 0.3 is 0 Å². The quantitative estimate of drug-likeness (QED) is 0.201. The summed E-state index contributed by atoms with van der Waals surface area (Å²) in [7, 11) is 0. The summed E-state index contributed by atoms with van der Waals surface area (Å²) in [4.78, 5) is 3.00. The van der Waals surface area contributed by atoms with Gasteiger partial charge in [-0.25, -0.2) is 5.43 Å². The fourth-order valence-corrected chi connectivity index (χ4v) is 0.907. The molecule has 4 nitrogen and oxygen atoms in total. The lowest BCUT2D eigenvalue weighted by atomic mass is 10.2. The van der Waals surface area contributed by atoms with E-state index in [-0.39, 0.29) is 0 Å². The van der Waals surface area contributed by atoms with Crippen LogP contribution < -0.4 is 16.6 Å². The Morgan fingerprint density at radius 3 is 3.09 bits per heavy atom. The highest BCUT2D eigenvalue weighted by molar-refractivity contribution is 5.08. The highest BCUT2D eigenvalue weighted by Gasteiger charge is 1.90. The second kappa shape index (κ2) is 4.90. The van der Waals surface area contributed by atoms with Gasteiger partial charge in [-0.1, -0.05) is 0 Å². The lowest BCUT2D eigenvalue weighted by molar-refractivity contribution is 0.602. The second-order valence-electron chi connectivity index (χ2n) is 2.35. The van der Waals surface area contributed by atoms with Crippen LogP contribution in [0.2, 0.25) is 0 Å². The van der Waals surface area contributed by atoms with E-state index in [1.165, 1.54) is 5.56 Å². The van der Waals surface area contributed by atoms with Crippen molar-refractivity contribution in [3.8, 4) is 0 Å². The Hall–Kier alpha value is -0.840. The SMILES string of the molecule is NNCNCCc1cc[nH]c1. The maximum Gasteiger partial charge on any atom is 0.0587 e. The van der Waals surface area contributed by atoms with E-state index in [9.17, 15) is 0 Å². The van der Waals surface area contributed by atoms with Crippen molar-refractivity contribution >= 4 is 0 Å². The molecule has 5 N–H and O–H groups in total. The molecule has 0 radical (unpaired) electrons. The molecule has 1 heterocycles. The largest absolute Gasteiger partial charge is 0.367 e. The molecule has 62 valence electrons. The maximum absolute atomic E-state index is 5.07. The van der Waals surface area contributed by atoms with Crippen LogP contribution in [0.5, 0.6) is 0 Å². The van der Waals surface area contributed by atoms with E-state index in [2.05, 4.69) is 21.8 Å². The van der Waals surface area contributed by atoms with Crippen LogP contribution in [0.25, 0.3) is 0 Å². The first-order valence-corrected chi connectivity index (χ1v) is 3.69. The lowest BCUT2D eigenvalue weighted by Gasteiger charge is -2.00. The summed E-state index contributed by atoms with van der Waals surface area (Å²) in [5.74, 6) is 5.07. The highest BCUT2D eigenvalue weighted by atomic mass is 15.3. The predicted octanol–water partition coefficient (Wildman–Crippen LogP) is -0.432. The molecule has 1 rings (SSSR count). The molecule has 1 aromatic rings. The van der Waals surface area contributed by atoms with Crippen molar-refractivity contribution in [1.82, 2.24) is 15.7 Å². The number of rotatable bonds is 5. The smallest absolute Gasteiger partial charge is 0.0587 e. The normalized spacial score (nSPS) is 10.3. The Kier molecular flexibility index (Phi) is 3.68. The summed E-state index contributed by atoms with van der Waals surface area (Å²) >= 11 is 0. The van der Waals surface area contributed by atoms with Crippen molar-refractivity contribution in [2.45, 2.75) is 6.42 Å². The third-order valence-corrected chi connectivity index (χ3v) is 1.48. The molecule has 0 unspecified atom stereocenters. The van der Waals surface area contributed by atoms with Gasteiger partial charge in [0.1, 0.15) is 0 Å². The Bertz CT molecular complexity index is 171. The molecule has 0 saturated carbocycles. The average Bonchev–Trinajstić information content (AvgIpc) is 2.50. The summed E-state index contributed by atoms with van der Waals surface area (Å²) in [5, 5.41) is 3.12. The number of nitrogens with two attached hydrogens (primary N) is 1. The Labute approximate surface area is 66.1 Å². The highest BCUT2D eigenvalue weighted by Crippen LogP contribution is 1.95. The van der Waals surface area contributed by atoms with E-state index in [0.717, 1.165) is 13.0 Å². The molecule has 0 aromatic carbocycles. The molecule has 0 aliphatic rings. The minimum Gasteiger partial charge on any atom is -0.367 e. The Balaban J connectivity index is 2.04. The van der Waals surface area contributed by atoms with E-state index in [1.807, 2.05) is 12.4 Å². The number of hydrogen-bond donors (Lipinski definition) is 4. The van der Waals surface area contributed by atoms with Gasteiger partial charge in [-0.15, -0.1) is 0 Å². The van der Waals surface area contributed by atoms with E-state index in [0.29, 0.717) is 6.67 Å². The first-order valence-electron chi connectivity index (χ1n) is 3.69. The van der Waals surface area contributed by atoms with Gasteiger partial charge in [-0.2, -0.15) is 0 Å². The molecular weight excluding hydrogens is 140 g/mol. The topological polar surface area (TPSA) is 65.9 Å². The first kappa shape index (κ1) is 8.26. The second-order valence-corrected chi connectivity index (χ2v) is 2.35. The minimum absolute atomic E-state index is 0.657. The predicted molar refractivity (Wildman–Crippen MR) is 44.7 cm³/mol. The van der Waals surface area contributed by atoms with Crippen LogP contribution in [-0.2, 0) is 6.42 Å². The van der Waals surface area contributed by atoms with Gasteiger partial charge in [0.2, 0.25) is 0 Å². The molecule has 0 amide bonds. The number of hydrogen-bond acceptors (Lipinski definition) is 3. The molecule has 4 heteroatoms. The van der Waals surface area contributed by atoms with Gasteiger partial charge < -0.3 is 10.3 Å². The third-order valence-electron chi connectivity index (χ3n) is 1.48. The van der Waals surface area contributed by atoms with E-state index >= 15 is 0 Å². The number of H-pyrrole nitrogens is 1. The van der Waals surface area contributed by atoms with Gasteiger partial charge in [0, 0.05) is 18.9 Å². The molecule has 0 fully saturated rings. The molecular formula is C7H14N4. The van der Waals surface area contributed by atoms with Crippen LogP contribution >= 0.6 is 0 Å². The van der Waals surface area contributed by atoms with Crippen LogP contribution in [0, 0.1) is 0 Å². The van der Waals surface area contributed by atoms with E-state index in [1.54, 1.807) is 0 Å². The average molecular weight is 154 g/mol. The van der Waals surface area contributed by atoms with Crippen molar-refractivity contribution in [3.63, 3.8) is 0 Å². The number of nitrogens with one attached hydrogen (secondary N) is 3. The zero-order valence-electron chi connectivity index (χ0n) is 6.43. The van der Waals surface area contributed by atoms with Gasteiger partial charge in [-0.05, 0) is 18.1 Å². The molecule has 11 heavy (non-hydrogen) atoms. The lowest BCUT2D eigenvalue weighted by Crippen LogP contribution is -2.34. The van der Waals surface area contributed by atoms with Crippen LogP contribution in [-0.4, -0.2) is 18.2 Å². The summed E-state index contributed by atoms with van der Waals surface area (Å²) in [6.45, 7) is 1.60. The van der Waals surface area contributed by atoms with Crippen molar-refractivity contribution in [1.29, 1.82) is 0 Å². The first-order chi connectivity index (χ1) is 5.43. The van der Waals surface area contributed by atoms with Crippen LogP contribution in [0.1, 0.15) is 5.56 Å². The standard InChI is InChI=1S/C7H14N4/c8-11-6-10-4-2-7-1-3-9-5-7/h1,3,5,9-11H,2,4,6,8H2. The number of aromatic amines is 1. The molecule has 0 atom stereocenters. The van der Waals surface area contributed by atoms with Crippen LogP contribution in [0.3, 0.4) is 0 Å². The molecule has 0 bridgehead atoms. The monoisotopic (exact) mass is 154 g/mol. The van der Waals surface area contributed by atoms with Crippen LogP contribution in [0.15, 0.2) is 18.5 Å². The number of hydrazine groups is 1. The molecule has 0 aliphatic heterocycles. The molecule has 0 saturated heterocycles. The zero-order chi connectivity index (χ0) is 7.94. The summed E-state index contributed by atoms with van der Waals surface area (Å²) in [6, 6.07) is 2.07. The van der Waals surface area contributed by atoms with Crippen LogP contribution in [0.4, 0.5) is 0 Å². The van der Waals surface area contributed by atoms with Gasteiger partial charge in [0.15, 0.2) is 0 Å².